The van der Waals surface area contributed by atoms with Crippen LogP contribution >= 0.6 is 11.3 Å². The Bertz CT molecular complexity index is 787. The number of nitrogens with one attached hydrogen (secondary N) is 1. The molecule has 0 saturated carbocycles. The first-order chi connectivity index (χ1) is 12.0. The second-order valence-corrected chi connectivity index (χ2v) is 7.12. The number of carboxylic acid groups (broad SMARTS) is 1. The second kappa shape index (κ2) is 7.48. The van der Waals surface area contributed by atoms with Crippen LogP contribution in [0.5, 0.6) is 0 Å². The summed E-state index contributed by atoms with van der Waals surface area (Å²) in [6.07, 6.45) is 0.212. The van der Waals surface area contributed by atoms with E-state index in [9.17, 15) is 14.4 Å². The highest BCUT2D eigenvalue weighted by Crippen LogP contribution is 2.21. The highest BCUT2D eigenvalue weighted by atomic mass is 32.1. The summed E-state index contributed by atoms with van der Waals surface area (Å²) in [5.74, 6) is -1.53. The predicted octanol–water partition coefficient (Wildman–Crippen LogP) is 2.11. The molecule has 1 aromatic carbocycles. The van der Waals surface area contributed by atoms with Crippen LogP contribution in [0.25, 0.3) is 0 Å². The standard InChI is InChI=1S/C18H18N2O4S/c21-16-8-13(11-20(16)10-12-4-2-1-3-5-12)17(22)19-9-14-6-7-15(25-14)18(23)24/h1-7,13H,8-11H2,(H,19,22)(H,23,24). The number of likely N-dealkylation sites (tertiary alicyclic amines) is 1. The number of hydrogen-bond acceptors (Lipinski definition) is 4. The van der Waals surface area contributed by atoms with E-state index in [4.69, 9.17) is 5.11 Å². The molecule has 1 unspecified atom stereocenters. The lowest BCUT2D eigenvalue weighted by Gasteiger charge is -2.16. The van der Waals surface area contributed by atoms with Gasteiger partial charge < -0.3 is 15.3 Å². The van der Waals surface area contributed by atoms with Gasteiger partial charge in [0.05, 0.1) is 12.5 Å². The molecule has 2 heterocycles. The smallest absolute Gasteiger partial charge is 0.345 e. The molecular weight excluding hydrogens is 340 g/mol. The lowest BCUT2D eigenvalue weighted by molar-refractivity contribution is -0.129. The first-order valence-corrected chi connectivity index (χ1v) is 8.76. The highest BCUT2D eigenvalue weighted by molar-refractivity contribution is 7.13. The summed E-state index contributed by atoms with van der Waals surface area (Å²) in [4.78, 5) is 38.0. The van der Waals surface area contributed by atoms with Crippen molar-refractivity contribution in [3.63, 3.8) is 0 Å². The quantitative estimate of drug-likeness (QED) is 0.828. The molecule has 1 atom stereocenters. The number of hydrogen-bond donors (Lipinski definition) is 2. The van der Waals surface area contributed by atoms with Gasteiger partial charge in [0.1, 0.15) is 4.88 Å². The van der Waals surface area contributed by atoms with E-state index in [0.29, 0.717) is 13.1 Å². The molecule has 1 saturated heterocycles. The molecule has 130 valence electrons. The van der Waals surface area contributed by atoms with E-state index in [1.54, 1.807) is 11.0 Å². The Hall–Kier alpha value is -2.67. The number of carboxylic acids is 1. The molecule has 1 aliphatic heterocycles. The largest absolute Gasteiger partial charge is 0.477 e. The van der Waals surface area contributed by atoms with E-state index >= 15 is 0 Å². The van der Waals surface area contributed by atoms with Gasteiger partial charge in [0, 0.05) is 24.4 Å². The van der Waals surface area contributed by atoms with Gasteiger partial charge in [0.25, 0.3) is 0 Å². The van der Waals surface area contributed by atoms with Crippen LogP contribution < -0.4 is 5.32 Å². The Morgan fingerprint density at radius 3 is 2.64 bits per heavy atom. The Morgan fingerprint density at radius 1 is 1.20 bits per heavy atom. The minimum Gasteiger partial charge on any atom is -0.477 e. The highest BCUT2D eigenvalue weighted by Gasteiger charge is 2.34. The third kappa shape index (κ3) is 4.24. The van der Waals surface area contributed by atoms with Crippen LogP contribution in [0.15, 0.2) is 42.5 Å². The maximum absolute atomic E-state index is 12.3. The minimum absolute atomic E-state index is 0.0201. The third-order valence-corrected chi connectivity index (χ3v) is 5.18. The van der Waals surface area contributed by atoms with Gasteiger partial charge in [0.2, 0.25) is 11.8 Å². The number of carbonyl (C=O) groups excluding carboxylic acids is 2. The van der Waals surface area contributed by atoms with E-state index in [-0.39, 0.29) is 35.6 Å². The molecule has 6 nitrogen and oxygen atoms in total. The Kier molecular flexibility index (Phi) is 5.14. The fourth-order valence-electron chi connectivity index (χ4n) is 2.81. The first kappa shape index (κ1) is 17.2. The van der Waals surface area contributed by atoms with E-state index < -0.39 is 5.97 Å². The van der Waals surface area contributed by atoms with Crippen molar-refractivity contribution in [1.29, 1.82) is 0 Å². The Balaban J connectivity index is 1.52. The molecule has 0 radical (unpaired) electrons. The maximum atomic E-state index is 12.3. The Labute approximate surface area is 149 Å². The van der Waals surface area contributed by atoms with Crippen LogP contribution in [0.2, 0.25) is 0 Å². The molecular formula is C18H18N2O4S. The van der Waals surface area contributed by atoms with E-state index in [0.717, 1.165) is 21.8 Å². The van der Waals surface area contributed by atoms with Gasteiger partial charge in [-0.2, -0.15) is 0 Å². The molecule has 7 heteroatoms. The molecule has 0 spiro atoms. The molecule has 25 heavy (non-hydrogen) atoms. The molecule has 1 aromatic heterocycles. The lowest BCUT2D eigenvalue weighted by atomic mass is 10.1. The van der Waals surface area contributed by atoms with Crippen LogP contribution in [0.4, 0.5) is 0 Å². The maximum Gasteiger partial charge on any atom is 0.345 e. The number of thiophene rings is 1. The first-order valence-electron chi connectivity index (χ1n) is 7.94. The average molecular weight is 358 g/mol. The average Bonchev–Trinajstić information content (AvgIpc) is 3.21. The topological polar surface area (TPSA) is 86.7 Å². The van der Waals surface area contributed by atoms with Gasteiger partial charge in [0.15, 0.2) is 0 Å². The van der Waals surface area contributed by atoms with Crippen LogP contribution in [0.1, 0.15) is 26.5 Å². The fraction of sp³-hybridized carbons (Fsp3) is 0.278. The summed E-state index contributed by atoms with van der Waals surface area (Å²) in [5, 5.41) is 11.7. The van der Waals surface area contributed by atoms with Crippen LogP contribution in [0.3, 0.4) is 0 Å². The summed E-state index contributed by atoms with van der Waals surface area (Å²) in [7, 11) is 0. The van der Waals surface area contributed by atoms with Gasteiger partial charge in [-0.05, 0) is 17.7 Å². The van der Waals surface area contributed by atoms with Crippen molar-refractivity contribution in [1.82, 2.24) is 10.2 Å². The number of rotatable bonds is 6. The summed E-state index contributed by atoms with van der Waals surface area (Å²) >= 11 is 1.14. The van der Waals surface area contributed by atoms with Crippen molar-refractivity contribution in [2.24, 2.45) is 5.92 Å². The van der Waals surface area contributed by atoms with Crippen molar-refractivity contribution in [2.75, 3.05) is 6.54 Å². The zero-order valence-corrected chi connectivity index (χ0v) is 14.3. The van der Waals surface area contributed by atoms with Gasteiger partial charge in [-0.3, -0.25) is 9.59 Å². The SMILES string of the molecule is O=C(O)c1ccc(CNC(=O)C2CC(=O)N(Cc3ccccc3)C2)s1. The van der Waals surface area contributed by atoms with Gasteiger partial charge in [-0.25, -0.2) is 4.79 Å². The van der Waals surface area contributed by atoms with Crippen molar-refractivity contribution < 1.29 is 19.5 Å². The molecule has 2 aromatic rings. The van der Waals surface area contributed by atoms with Crippen molar-refractivity contribution in [3.8, 4) is 0 Å². The van der Waals surface area contributed by atoms with Gasteiger partial charge in [-0.1, -0.05) is 30.3 Å². The molecule has 3 rings (SSSR count). The summed E-state index contributed by atoms with van der Waals surface area (Å²) in [6, 6.07) is 12.9. The van der Waals surface area contributed by atoms with Crippen molar-refractivity contribution >= 4 is 29.1 Å². The molecule has 2 amide bonds. The van der Waals surface area contributed by atoms with E-state index in [2.05, 4.69) is 5.32 Å². The molecule has 0 aliphatic carbocycles. The van der Waals surface area contributed by atoms with Crippen LogP contribution in [0, 0.1) is 5.92 Å². The number of carbonyl (C=O) groups is 3. The van der Waals surface area contributed by atoms with Crippen molar-refractivity contribution in [3.05, 3.63) is 57.8 Å². The summed E-state index contributed by atoms with van der Waals surface area (Å²) in [5.41, 5.74) is 1.04. The number of aromatic carboxylic acids is 1. The van der Waals surface area contributed by atoms with Gasteiger partial charge in [-0.15, -0.1) is 11.3 Å². The minimum atomic E-state index is -0.972. The molecule has 2 N–H and O–H groups in total. The number of nitrogens with zero attached hydrogens (tertiary/aromatic N) is 1. The zero-order valence-electron chi connectivity index (χ0n) is 13.5. The monoisotopic (exact) mass is 358 g/mol. The fourth-order valence-corrected chi connectivity index (χ4v) is 3.60. The normalized spacial score (nSPS) is 16.9. The summed E-state index contributed by atoms with van der Waals surface area (Å²) in [6.45, 7) is 1.20. The van der Waals surface area contributed by atoms with Crippen molar-refractivity contribution in [2.45, 2.75) is 19.5 Å². The molecule has 0 bridgehead atoms. The Morgan fingerprint density at radius 2 is 1.96 bits per heavy atom. The second-order valence-electron chi connectivity index (χ2n) is 5.95. The number of amides is 2. The van der Waals surface area contributed by atoms with Crippen LogP contribution in [-0.2, 0) is 22.7 Å². The number of benzene rings is 1. The van der Waals surface area contributed by atoms with E-state index in [1.807, 2.05) is 30.3 Å². The van der Waals surface area contributed by atoms with E-state index in [1.165, 1.54) is 6.07 Å². The third-order valence-electron chi connectivity index (χ3n) is 4.11. The van der Waals surface area contributed by atoms with Gasteiger partial charge >= 0.3 is 5.97 Å². The molecule has 1 fully saturated rings. The zero-order chi connectivity index (χ0) is 17.8. The predicted molar refractivity (Wildman–Crippen MR) is 93.1 cm³/mol. The molecule has 1 aliphatic rings. The summed E-state index contributed by atoms with van der Waals surface area (Å²) < 4.78 is 0. The van der Waals surface area contributed by atoms with Crippen LogP contribution in [-0.4, -0.2) is 34.3 Å². The lowest BCUT2D eigenvalue weighted by Crippen LogP contribution is -2.32.